The molecule has 0 aliphatic heterocycles. The van der Waals surface area contributed by atoms with E-state index < -0.39 is 29.5 Å². The van der Waals surface area contributed by atoms with Crippen molar-refractivity contribution in [2.75, 3.05) is 11.5 Å². The van der Waals surface area contributed by atoms with Crippen molar-refractivity contribution in [3.05, 3.63) is 373 Å². The van der Waals surface area contributed by atoms with Gasteiger partial charge in [-0.2, -0.15) is 47.1 Å². The van der Waals surface area contributed by atoms with E-state index in [1.165, 1.54) is 96.2 Å². The van der Waals surface area contributed by atoms with E-state index in [2.05, 4.69) is 191 Å². The Morgan fingerprint density at radius 2 is 0.911 bits per heavy atom. The van der Waals surface area contributed by atoms with Gasteiger partial charge in [0.05, 0.1) is 78.7 Å². The number of nitrogens with one attached hydrogen (secondary N) is 1. The molecule has 0 aliphatic rings. The average Bonchev–Trinajstić information content (AvgIpc) is 0.815. The van der Waals surface area contributed by atoms with Crippen molar-refractivity contribution in [1.29, 1.82) is 5.26 Å². The van der Waals surface area contributed by atoms with Crippen LogP contribution in [0.5, 0.6) is 0 Å². The molecule has 0 fully saturated rings. The molecule has 0 spiro atoms. The number of rotatable bonds is 9. The summed E-state index contributed by atoms with van der Waals surface area (Å²) in [7, 11) is 0. The zero-order valence-corrected chi connectivity index (χ0v) is 81.4. The smallest absolute Gasteiger partial charge is 0.307 e. The van der Waals surface area contributed by atoms with Gasteiger partial charge in [0.1, 0.15) is 57.5 Å². The van der Waals surface area contributed by atoms with Crippen molar-refractivity contribution in [3.63, 3.8) is 0 Å². The maximum Gasteiger partial charge on any atom is 0.307 e. The largest absolute Gasteiger partial charge is 0.397 e. The number of H-pyrrole nitrogens is 1. The quantitative estimate of drug-likeness (QED) is 0.0523. The summed E-state index contributed by atoms with van der Waals surface area (Å²) in [6.45, 7) is 15.3. The molecule has 16 rings (SSSR count). The van der Waals surface area contributed by atoms with Crippen LogP contribution in [0.1, 0.15) is 56.4 Å². The number of nitro groups is 6. The number of nitrogens with zero attached hydrogens (tertiary/aromatic N) is 19. The summed E-state index contributed by atoms with van der Waals surface area (Å²) in [5.74, 6) is 0.249. The molecule has 16 aromatic rings. The summed E-state index contributed by atoms with van der Waals surface area (Å²) in [6, 6.07) is 34.9. The Hall–Kier alpha value is -11.0. The summed E-state index contributed by atoms with van der Waals surface area (Å²) in [4.78, 5) is 120. The van der Waals surface area contributed by atoms with Crippen LogP contribution in [-0.2, 0) is 105 Å². The van der Waals surface area contributed by atoms with E-state index in [9.17, 15) is 65.5 Å². The van der Waals surface area contributed by atoms with Crippen molar-refractivity contribution in [3.8, 4) is 6.07 Å². The Labute approximate surface area is 818 Å². The number of nitrogen functional groups attached to an aromatic ring is 2. The second-order valence-electron chi connectivity index (χ2n) is 25.0. The summed E-state index contributed by atoms with van der Waals surface area (Å²) in [6.07, 6.45) is 29.9. The molecule has 0 saturated carbocycles. The first-order valence-electron chi connectivity index (χ1n) is 34.8. The Morgan fingerprint density at radius 3 is 1.44 bits per heavy atom. The topological polar surface area (TPSA) is 522 Å². The van der Waals surface area contributed by atoms with Crippen LogP contribution in [0.3, 0.4) is 0 Å². The molecule has 1 unspecified atom stereocenters. The van der Waals surface area contributed by atoms with Gasteiger partial charge in [0.2, 0.25) is 0 Å². The molecule has 13 aromatic heterocycles. The molecular weight excluding hydrogens is 2110 g/mol. The minimum Gasteiger partial charge on any atom is -0.397 e. The van der Waals surface area contributed by atoms with Crippen molar-refractivity contribution < 1.29 is 128 Å². The van der Waals surface area contributed by atoms with E-state index in [-0.39, 0.29) is 160 Å². The molecule has 13 heterocycles. The Balaban J connectivity index is 0.000000248. The number of hydrogen-bond donors (Lipinski definition) is 3. The van der Waals surface area contributed by atoms with E-state index in [1.807, 2.05) is 50.2 Å². The molecule has 0 amide bonds. The predicted molar refractivity (Wildman–Crippen MR) is 472 cm³/mol. The van der Waals surface area contributed by atoms with Gasteiger partial charge in [-0.15, -0.1) is 0 Å². The van der Waals surface area contributed by atoms with Crippen molar-refractivity contribution in [2.45, 2.75) is 53.9 Å². The van der Waals surface area contributed by atoms with Crippen LogP contribution in [0.15, 0.2) is 238 Å². The first kappa shape index (κ1) is 104. The number of nitriles is 1. The van der Waals surface area contributed by atoms with Crippen LogP contribution in [0.2, 0.25) is 5.02 Å². The van der Waals surface area contributed by atoms with Gasteiger partial charge in [0.15, 0.2) is 0 Å². The first-order valence-corrected chi connectivity index (χ1v) is 38.3. The van der Waals surface area contributed by atoms with Crippen LogP contribution < -0.4 is 17.0 Å². The van der Waals surface area contributed by atoms with Crippen molar-refractivity contribution in [2.24, 2.45) is 0 Å². The van der Waals surface area contributed by atoms with Gasteiger partial charge in [-0.3, -0.25) is 115 Å². The maximum absolute atomic E-state index is 11.2. The summed E-state index contributed by atoms with van der Waals surface area (Å²) in [5.41, 5.74) is 19.9. The predicted octanol–water partition coefficient (Wildman–Crippen LogP) is 19.5. The monoisotopic (exact) mass is 2170 g/mol. The van der Waals surface area contributed by atoms with Crippen LogP contribution >= 0.6 is 75.3 Å². The number of anilines is 2. The molecule has 35 nitrogen and oxygen atoms in total. The van der Waals surface area contributed by atoms with Gasteiger partial charge in [0, 0.05) is 244 Å². The fraction of sp³-hybridized carbons (Fsp3) is 0.0988. The third-order valence-corrected chi connectivity index (χ3v) is 20.6. The molecular formula is C81H63Br4ClN22O13Y3-2. The van der Waals surface area contributed by atoms with E-state index in [4.69, 9.17) is 28.3 Å². The molecule has 3 radical (unpaired) electrons. The van der Waals surface area contributed by atoms with Gasteiger partial charge in [-0.05, 0) is 157 Å². The number of benzene rings is 3. The number of halogens is 5. The van der Waals surface area contributed by atoms with Gasteiger partial charge < -0.3 is 23.4 Å². The number of nitrogens with two attached hydrogens (primary N) is 2. The minimum absolute atomic E-state index is 0. The zero-order valence-electron chi connectivity index (χ0n) is 65.8. The molecule has 1 atom stereocenters. The molecule has 43 heteroatoms. The first-order chi connectivity index (χ1) is 57.7. The average molecular weight is 2170 g/mol. The number of hydrogen-bond acceptors (Lipinski definition) is 28. The second kappa shape index (κ2) is 50.1. The van der Waals surface area contributed by atoms with Crippen LogP contribution in [0.25, 0.3) is 64.6 Å². The second-order valence-corrected chi connectivity index (χ2v) is 28.6. The fourth-order valence-electron chi connectivity index (χ4n) is 11.0. The van der Waals surface area contributed by atoms with Gasteiger partial charge in [-0.25, -0.2) is 9.97 Å². The van der Waals surface area contributed by atoms with Crippen molar-refractivity contribution in [1.82, 2.24) is 64.8 Å². The van der Waals surface area contributed by atoms with Crippen molar-refractivity contribution >= 4 is 185 Å². The number of fused-ring (bicyclic) bond motifs is 6. The normalized spacial score (nSPS) is 10.2. The standard InChI is InChI=1S/C20H18.C9H8BrN3.C9H7N3O2.C9H9N3.C8H4BrN3O2.C8H5N3O3.C7H5N3O2.C6H5BrN2O2.C5H2BrClN2O2.3Y/c1-15-7-6-10-19-14-17(11-12-20(15)19)13-16(2)18-8-4-3-5-9-18;1-5-7-4-13-9(10)8(11)6(7)2-3-12-5;1-6-8-4-10-5-9(12(13)14)7(8)2-3-11-6;1-6-8-4-11-5-9(10)7(8)2-3-12-6;9-8-6-3-10-4-7(12(13)14)5(6)1-2-11-8;12-8-6-3-9-4-7(11(13)14)5(6)1-2-10-8;1-5-6(2-8)3-9-4-7(5)10(11)12;1-4-5(7)2-8-3-6(4)9(10)11;6-3-1-8-2-4(5(3)7)9(10)11;;;/h3-8,10-12,14,16H,2,13H2,1H3;2-4H,11H2,1H3;2-5H,1H3;2-5H,10H2,1H3;1-4H;1-4H,(H,10,12);3-4H,1H3;2-3H,1H3;1-2H;;;/q-2;;;;;;;;;;;. The minimum atomic E-state index is -0.583. The zero-order chi connectivity index (χ0) is 88.3. The number of aromatic nitrogens is 13. The molecule has 3 aromatic carbocycles. The third kappa shape index (κ3) is 28.0. The SMILES string of the molecule is Cc1c(Br)cncc1[N+](=O)[O-].Cc1c(C#N)cncc1[N+](=O)[O-].Cc1nccc2c(N)c(Br)ncc12.Cc1nccc2c(N)cncc12.Cc1nccc2c([N+](=O)[O-])cncc12.O=[N+]([O-])c1cncc(Br)c1Cl.O=[N+]([O-])c1cncc2c(Br)nccc12.O=c1[nH]ccc2c([N+](=O)[O-])cncc12.[CH2-]C(Cc1ccc2c(C)cccc2c1)c1[c-]cccc1.[Y].[Y].[Y]. The van der Waals surface area contributed by atoms with Crippen LogP contribution in [-0.4, -0.2) is 94.3 Å². The van der Waals surface area contributed by atoms with Gasteiger partial charge in [-0.1, -0.05) is 54.4 Å². The van der Waals surface area contributed by atoms with Crippen LogP contribution in [0, 0.1) is 127 Å². The molecule has 5 N–H and O–H groups in total. The number of aryl methyl sites for hydroxylation is 4. The van der Waals surface area contributed by atoms with Gasteiger partial charge in [0.25, 0.3) is 34.0 Å². The van der Waals surface area contributed by atoms with Crippen LogP contribution in [0.4, 0.5) is 45.5 Å². The maximum atomic E-state index is 11.2. The van der Waals surface area contributed by atoms with E-state index in [1.54, 1.807) is 75.6 Å². The summed E-state index contributed by atoms with van der Waals surface area (Å²) < 4.78 is 2.33. The summed E-state index contributed by atoms with van der Waals surface area (Å²) >= 11 is 18.2. The Kier molecular flexibility index (Phi) is 41.8. The fourth-order valence-corrected chi connectivity index (χ4v) is 12.6. The number of pyridine rings is 13. The Morgan fingerprint density at radius 1 is 0.460 bits per heavy atom. The third-order valence-electron chi connectivity index (χ3n) is 17.3. The van der Waals surface area contributed by atoms with E-state index in [0.29, 0.717) is 62.2 Å². The molecule has 0 saturated heterocycles. The number of aromatic amines is 1. The van der Waals surface area contributed by atoms with E-state index >= 15 is 0 Å². The molecule has 621 valence electrons. The summed E-state index contributed by atoms with van der Waals surface area (Å²) in [5, 5.41) is 81.1. The molecule has 124 heavy (non-hydrogen) atoms. The van der Waals surface area contributed by atoms with E-state index in [0.717, 1.165) is 69.0 Å². The Bertz CT molecular complexity index is 6490. The molecule has 0 bridgehead atoms. The van der Waals surface area contributed by atoms with Gasteiger partial charge >= 0.3 is 5.69 Å². The molecule has 0 aliphatic carbocycles.